The van der Waals surface area contributed by atoms with Crippen LogP contribution in [0.4, 0.5) is 4.79 Å². The van der Waals surface area contributed by atoms with Crippen molar-refractivity contribution in [1.29, 1.82) is 0 Å². The number of nitrogens with one attached hydrogen (secondary N) is 1. The molecule has 90 valence electrons. The fourth-order valence-corrected chi connectivity index (χ4v) is 1.99. The first-order valence-corrected chi connectivity index (χ1v) is 5.47. The summed E-state index contributed by atoms with van der Waals surface area (Å²) in [6.07, 6.45) is -2.20. The van der Waals surface area contributed by atoms with Crippen molar-refractivity contribution in [3.8, 4) is 0 Å². The summed E-state index contributed by atoms with van der Waals surface area (Å²) < 4.78 is 4.75. The molecule has 1 fully saturated rings. The second kappa shape index (κ2) is 4.35. The molecule has 0 bridgehead atoms. The van der Waals surface area contributed by atoms with E-state index in [2.05, 4.69) is 0 Å². The van der Waals surface area contributed by atoms with E-state index in [0.29, 0.717) is 5.56 Å². The number of benzene rings is 1. The van der Waals surface area contributed by atoms with Crippen LogP contribution in [0.25, 0.3) is 0 Å². The predicted molar refractivity (Wildman–Crippen MR) is 59.5 cm³/mol. The minimum Gasteiger partial charge on any atom is -0.432 e. The van der Waals surface area contributed by atoms with E-state index in [1.54, 1.807) is 30.3 Å². The Labute approximate surface area is 102 Å². The molecule has 17 heavy (non-hydrogen) atoms. The number of hydrogen-bond acceptors (Lipinski definition) is 4. The summed E-state index contributed by atoms with van der Waals surface area (Å²) in [4.78, 5) is 22.4. The molecule has 1 aromatic carbocycles. The number of cyclic esters (lactones) is 1. The molecule has 2 amide bonds. The van der Waals surface area contributed by atoms with Crippen molar-refractivity contribution in [1.82, 2.24) is 5.32 Å². The van der Waals surface area contributed by atoms with Crippen molar-refractivity contribution >= 4 is 23.6 Å². The van der Waals surface area contributed by atoms with Gasteiger partial charge >= 0.3 is 6.09 Å². The molecule has 0 radical (unpaired) electrons. The monoisotopic (exact) mass is 255 g/mol. The summed E-state index contributed by atoms with van der Waals surface area (Å²) in [6, 6.07) is 8.38. The summed E-state index contributed by atoms with van der Waals surface area (Å²) in [7, 11) is 0. The lowest BCUT2D eigenvalue weighted by Gasteiger charge is -2.29. The van der Waals surface area contributed by atoms with Gasteiger partial charge in [0.2, 0.25) is 6.10 Å². The molecule has 5 nitrogen and oxygen atoms in total. The molecule has 6 heteroatoms. The van der Waals surface area contributed by atoms with Crippen LogP contribution in [0.3, 0.4) is 0 Å². The maximum absolute atomic E-state index is 11.5. The highest BCUT2D eigenvalue weighted by atomic mass is 35.5. The number of carbonyl (C=O) groups is 2. The van der Waals surface area contributed by atoms with Gasteiger partial charge < -0.3 is 9.84 Å². The van der Waals surface area contributed by atoms with E-state index in [1.807, 2.05) is 5.32 Å². The number of alkyl halides is 1. The Kier molecular flexibility index (Phi) is 3.04. The average Bonchev–Trinajstić information content (AvgIpc) is 2.69. The molecule has 2 unspecified atom stereocenters. The van der Waals surface area contributed by atoms with Crippen LogP contribution in [0, 0.1) is 0 Å². The van der Waals surface area contributed by atoms with Crippen LogP contribution in [0.1, 0.15) is 5.56 Å². The molecular formula is C11H10ClNO4. The Morgan fingerprint density at radius 2 is 2.00 bits per heavy atom. The number of carbonyl (C=O) groups excluding carboxylic acids is 2. The minimum absolute atomic E-state index is 0.262. The van der Waals surface area contributed by atoms with E-state index in [4.69, 9.17) is 16.3 Å². The van der Waals surface area contributed by atoms with E-state index in [1.165, 1.54) is 0 Å². The molecule has 0 aromatic heterocycles. The van der Waals surface area contributed by atoms with Gasteiger partial charge in [-0.3, -0.25) is 10.1 Å². The summed E-state index contributed by atoms with van der Waals surface area (Å²) in [6.45, 7) is 0. The second-order valence-corrected chi connectivity index (χ2v) is 3.97. The zero-order valence-electron chi connectivity index (χ0n) is 8.72. The van der Waals surface area contributed by atoms with Crippen molar-refractivity contribution < 1.29 is 19.4 Å². The number of amides is 2. The van der Waals surface area contributed by atoms with Gasteiger partial charge in [-0.25, -0.2) is 4.79 Å². The largest absolute Gasteiger partial charge is 0.432 e. The molecule has 1 aliphatic heterocycles. The highest BCUT2D eigenvalue weighted by Crippen LogP contribution is 2.30. The smallest absolute Gasteiger partial charge is 0.414 e. The number of rotatable bonds is 3. The molecule has 2 N–H and O–H groups in total. The van der Waals surface area contributed by atoms with Crippen LogP contribution >= 0.6 is 11.6 Å². The quantitative estimate of drug-likeness (QED) is 0.782. The molecule has 0 aliphatic carbocycles. The second-order valence-electron chi connectivity index (χ2n) is 3.70. The third kappa shape index (κ3) is 1.99. The van der Waals surface area contributed by atoms with Gasteiger partial charge in [-0.05, 0) is 5.56 Å². The molecule has 0 saturated carbocycles. The molecule has 1 heterocycles. The Bertz CT molecular complexity index is 450. The van der Waals surface area contributed by atoms with Crippen LogP contribution in [-0.2, 0) is 15.1 Å². The van der Waals surface area contributed by atoms with Gasteiger partial charge in [0.1, 0.15) is 5.60 Å². The average molecular weight is 256 g/mol. The molecule has 2 rings (SSSR count). The lowest BCUT2D eigenvalue weighted by Crippen LogP contribution is -2.46. The normalized spacial score (nSPS) is 22.8. The van der Waals surface area contributed by atoms with Crippen molar-refractivity contribution in [2.45, 2.75) is 11.7 Å². The maximum atomic E-state index is 11.5. The predicted octanol–water partition coefficient (Wildman–Crippen LogP) is 0.748. The van der Waals surface area contributed by atoms with E-state index < -0.39 is 23.7 Å². The lowest BCUT2D eigenvalue weighted by molar-refractivity contribution is -0.135. The van der Waals surface area contributed by atoms with Crippen molar-refractivity contribution in [3.05, 3.63) is 35.9 Å². The maximum Gasteiger partial charge on any atom is 0.414 e. The number of aliphatic hydroxyl groups is 1. The Hall–Kier alpha value is -1.59. The Balaban J connectivity index is 2.38. The highest BCUT2D eigenvalue weighted by molar-refractivity contribution is 6.19. The van der Waals surface area contributed by atoms with E-state index in [9.17, 15) is 14.7 Å². The summed E-state index contributed by atoms with van der Waals surface area (Å²) in [5.41, 5.74) is -1.30. The third-order valence-corrected chi connectivity index (χ3v) is 3.01. The van der Waals surface area contributed by atoms with Gasteiger partial charge in [0.25, 0.3) is 5.91 Å². The third-order valence-electron chi connectivity index (χ3n) is 2.60. The summed E-state index contributed by atoms with van der Waals surface area (Å²) in [5, 5.41) is 12.4. The van der Waals surface area contributed by atoms with Crippen molar-refractivity contribution in [3.63, 3.8) is 0 Å². The molecular weight excluding hydrogens is 246 g/mol. The number of halogens is 1. The van der Waals surface area contributed by atoms with Gasteiger partial charge in [-0.15, -0.1) is 11.6 Å². The highest BCUT2D eigenvalue weighted by Gasteiger charge is 2.49. The van der Waals surface area contributed by atoms with Gasteiger partial charge in [-0.1, -0.05) is 30.3 Å². The lowest BCUT2D eigenvalue weighted by atomic mass is 9.89. The fraction of sp³-hybridized carbons (Fsp3) is 0.273. The number of ether oxygens (including phenoxy) is 1. The minimum atomic E-state index is -1.72. The molecule has 1 aromatic rings. The molecule has 0 spiro atoms. The van der Waals surface area contributed by atoms with Gasteiger partial charge in [-0.2, -0.15) is 0 Å². The first-order chi connectivity index (χ1) is 8.08. The number of hydrogen-bond donors (Lipinski definition) is 2. The van der Waals surface area contributed by atoms with Gasteiger partial charge in [0.15, 0.2) is 0 Å². The van der Waals surface area contributed by atoms with Crippen LogP contribution in [0.15, 0.2) is 30.3 Å². The zero-order chi connectivity index (χ0) is 12.5. The summed E-state index contributed by atoms with van der Waals surface area (Å²) >= 11 is 5.72. The number of alkyl carbamates (subject to hydrolysis) is 1. The van der Waals surface area contributed by atoms with Crippen LogP contribution in [-0.4, -0.2) is 29.1 Å². The Morgan fingerprint density at radius 3 is 2.47 bits per heavy atom. The SMILES string of the molecule is O=C1NC(=O)C(C(O)(CCl)c2ccccc2)O1. The topological polar surface area (TPSA) is 75.6 Å². The van der Waals surface area contributed by atoms with Gasteiger partial charge in [0.05, 0.1) is 5.88 Å². The fourth-order valence-electron chi connectivity index (χ4n) is 1.70. The van der Waals surface area contributed by atoms with Crippen LogP contribution in [0.2, 0.25) is 0 Å². The summed E-state index contributed by atoms with van der Waals surface area (Å²) in [5.74, 6) is -0.954. The van der Waals surface area contributed by atoms with E-state index in [-0.39, 0.29) is 5.88 Å². The van der Waals surface area contributed by atoms with E-state index >= 15 is 0 Å². The van der Waals surface area contributed by atoms with Crippen molar-refractivity contribution in [2.75, 3.05) is 5.88 Å². The number of imide groups is 1. The molecule has 1 saturated heterocycles. The first kappa shape index (κ1) is 11.9. The van der Waals surface area contributed by atoms with Gasteiger partial charge in [0, 0.05) is 0 Å². The molecule has 2 atom stereocenters. The van der Waals surface area contributed by atoms with E-state index in [0.717, 1.165) is 0 Å². The molecule has 1 aliphatic rings. The van der Waals surface area contributed by atoms with Crippen LogP contribution < -0.4 is 5.32 Å². The van der Waals surface area contributed by atoms with Crippen molar-refractivity contribution in [2.24, 2.45) is 0 Å². The van der Waals surface area contributed by atoms with Crippen LogP contribution in [0.5, 0.6) is 0 Å². The standard InChI is InChI=1S/C11H10ClNO4/c12-6-11(16,7-4-2-1-3-5-7)8-9(14)13-10(15)17-8/h1-5,8,16H,6H2,(H,13,14,15). The first-order valence-electron chi connectivity index (χ1n) is 4.93. The zero-order valence-corrected chi connectivity index (χ0v) is 9.48. The Morgan fingerprint density at radius 1 is 1.35 bits per heavy atom.